The van der Waals surface area contributed by atoms with Crippen LogP contribution in [0.5, 0.6) is 5.75 Å². The Labute approximate surface area is 199 Å². The van der Waals surface area contributed by atoms with E-state index in [4.69, 9.17) is 0 Å². The molecule has 2 N–H and O–H groups in total. The number of piperidine rings is 1. The lowest BCUT2D eigenvalue weighted by Gasteiger charge is -2.61. The topological polar surface area (TPSA) is 64.8 Å². The highest BCUT2D eigenvalue weighted by atomic mass is 19.3. The molecule has 2 aliphatic heterocycles. The van der Waals surface area contributed by atoms with Crippen LogP contribution in [0.2, 0.25) is 0 Å². The van der Waals surface area contributed by atoms with Gasteiger partial charge in [-0.2, -0.15) is 5.10 Å². The number of fused-ring (bicyclic) bond motifs is 1. The molecule has 2 saturated heterocycles. The number of aryl methyl sites for hydroxylation is 1. The number of phenolic OH excluding ortho intramolecular Hbond substituents is 1. The highest BCUT2D eigenvalue weighted by Crippen LogP contribution is 2.57. The zero-order valence-corrected chi connectivity index (χ0v) is 19.8. The van der Waals surface area contributed by atoms with E-state index in [0.717, 1.165) is 55.7 Å². The molecule has 3 fully saturated rings. The van der Waals surface area contributed by atoms with Crippen LogP contribution >= 0.6 is 0 Å². The monoisotopic (exact) mass is 472 g/mol. The summed E-state index contributed by atoms with van der Waals surface area (Å²) in [5, 5.41) is 27.2. The summed E-state index contributed by atoms with van der Waals surface area (Å²) in [6.07, 6.45) is 6.62. The molecule has 2 aromatic rings. The van der Waals surface area contributed by atoms with Crippen molar-refractivity contribution in [2.75, 3.05) is 32.7 Å². The first-order valence-corrected chi connectivity index (χ1v) is 12.6. The van der Waals surface area contributed by atoms with Crippen LogP contribution in [0.15, 0.2) is 30.6 Å². The molecule has 4 atom stereocenters. The predicted octanol–water partition coefficient (Wildman–Crippen LogP) is 2.95. The van der Waals surface area contributed by atoms with Crippen molar-refractivity contribution >= 4 is 0 Å². The van der Waals surface area contributed by atoms with E-state index in [1.807, 2.05) is 36.1 Å². The van der Waals surface area contributed by atoms with E-state index in [1.54, 1.807) is 6.07 Å². The van der Waals surface area contributed by atoms with Gasteiger partial charge in [0.25, 0.3) is 5.92 Å². The molecule has 6 nitrogen and oxygen atoms in total. The third-order valence-corrected chi connectivity index (χ3v) is 9.15. The smallest absolute Gasteiger partial charge is 0.252 e. The van der Waals surface area contributed by atoms with Gasteiger partial charge in [0, 0.05) is 49.6 Å². The third kappa shape index (κ3) is 3.48. The molecule has 0 radical (unpaired) electrons. The predicted molar refractivity (Wildman–Crippen MR) is 124 cm³/mol. The number of halogens is 2. The number of hydrogen-bond acceptors (Lipinski definition) is 5. The third-order valence-electron chi connectivity index (χ3n) is 9.15. The molecule has 1 aromatic heterocycles. The number of aromatic nitrogens is 2. The van der Waals surface area contributed by atoms with Gasteiger partial charge in [-0.3, -0.25) is 9.58 Å². The average molecular weight is 473 g/mol. The fourth-order valence-electron chi connectivity index (χ4n) is 7.09. The largest absolute Gasteiger partial charge is 0.508 e. The van der Waals surface area contributed by atoms with Gasteiger partial charge < -0.3 is 15.1 Å². The molecule has 184 valence electrons. The van der Waals surface area contributed by atoms with E-state index in [2.05, 4.69) is 14.9 Å². The van der Waals surface area contributed by atoms with Gasteiger partial charge in [0.1, 0.15) is 5.75 Å². The maximum absolute atomic E-state index is 13.8. The van der Waals surface area contributed by atoms with Crippen molar-refractivity contribution < 1.29 is 19.0 Å². The van der Waals surface area contributed by atoms with Crippen LogP contribution in [0.4, 0.5) is 8.78 Å². The van der Waals surface area contributed by atoms with Gasteiger partial charge in [-0.1, -0.05) is 6.07 Å². The van der Waals surface area contributed by atoms with E-state index >= 15 is 0 Å². The van der Waals surface area contributed by atoms with Crippen molar-refractivity contribution in [2.24, 2.45) is 5.92 Å². The number of nitrogens with zero attached hydrogens (tertiary/aromatic N) is 4. The van der Waals surface area contributed by atoms with Gasteiger partial charge in [-0.15, -0.1) is 0 Å². The first-order chi connectivity index (χ1) is 16.2. The lowest BCUT2D eigenvalue weighted by molar-refractivity contribution is -0.150. The number of aromatic hydroxyl groups is 1. The number of benzene rings is 1. The van der Waals surface area contributed by atoms with Crippen molar-refractivity contribution in [1.82, 2.24) is 19.6 Å². The fraction of sp³-hybridized carbons (Fsp3) is 0.654. The first-order valence-electron chi connectivity index (χ1n) is 12.6. The Bertz CT molecular complexity index is 1090. The van der Waals surface area contributed by atoms with Crippen molar-refractivity contribution in [3.63, 3.8) is 0 Å². The van der Waals surface area contributed by atoms with Crippen molar-refractivity contribution in [3.8, 4) is 5.75 Å². The molecule has 2 aliphatic carbocycles. The summed E-state index contributed by atoms with van der Waals surface area (Å²) in [7, 11) is 0. The Balaban J connectivity index is 1.30. The summed E-state index contributed by atoms with van der Waals surface area (Å²) in [5.74, 6) is -2.92. The minimum absolute atomic E-state index is 0.0368. The molecule has 4 aliphatic rings. The second kappa shape index (κ2) is 7.73. The molecule has 0 amide bonds. The van der Waals surface area contributed by atoms with Gasteiger partial charge in [-0.05, 0) is 74.5 Å². The van der Waals surface area contributed by atoms with Crippen molar-refractivity contribution in [2.45, 2.75) is 68.6 Å². The first kappa shape index (κ1) is 22.4. The zero-order chi connectivity index (χ0) is 23.7. The molecule has 1 aromatic carbocycles. The van der Waals surface area contributed by atoms with Crippen LogP contribution in [0.3, 0.4) is 0 Å². The number of alkyl halides is 2. The molecule has 3 heterocycles. The molecule has 6 rings (SSSR count). The second-order valence-corrected chi connectivity index (χ2v) is 11.1. The molecule has 2 bridgehead atoms. The van der Waals surface area contributed by atoms with Crippen molar-refractivity contribution in [3.05, 3.63) is 47.3 Å². The Morgan fingerprint density at radius 3 is 2.62 bits per heavy atom. The van der Waals surface area contributed by atoms with E-state index in [-0.39, 0.29) is 18.2 Å². The average Bonchev–Trinajstić information content (AvgIpc) is 3.23. The maximum atomic E-state index is 13.8. The molecule has 8 heteroatoms. The molecule has 0 spiro atoms. The van der Waals surface area contributed by atoms with Gasteiger partial charge in [0.2, 0.25) is 0 Å². The van der Waals surface area contributed by atoms with Crippen LogP contribution in [0, 0.1) is 12.8 Å². The zero-order valence-electron chi connectivity index (χ0n) is 19.8. The van der Waals surface area contributed by atoms with E-state index in [1.165, 1.54) is 0 Å². The van der Waals surface area contributed by atoms with Crippen LogP contribution in [0.1, 0.15) is 42.4 Å². The maximum Gasteiger partial charge on any atom is 0.252 e. The number of aliphatic hydroxyl groups is 1. The normalized spacial score (nSPS) is 34.8. The van der Waals surface area contributed by atoms with Crippen LogP contribution < -0.4 is 0 Å². The Kier molecular flexibility index (Phi) is 5.10. The van der Waals surface area contributed by atoms with Gasteiger partial charge in [0.05, 0.1) is 18.3 Å². The van der Waals surface area contributed by atoms with Gasteiger partial charge in [-0.25, -0.2) is 8.78 Å². The summed E-state index contributed by atoms with van der Waals surface area (Å²) in [4.78, 5) is 4.56. The molecular weight excluding hydrogens is 438 g/mol. The molecule has 1 saturated carbocycles. The summed E-state index contributed by atoms with van der Waals surface area (Å²) in [6, 6.07) is 5.35. The van der Waals surface area contributed by atoms with Gasteiger partial charge in [0.15, 0.2) is 0 Å². The highest BCUT2D eigenvalue weighted by Gasteiger charge is 2.65. The SMILES string of the molecule is Cc1cnn(CCN2CC[C@]34CCN(CC5CC5(F)F)[C@H](Cc5ccc(O)cc53)[C@]4(O)CC2)c1. The lowest BCUT2D eigenvalue weighted by Crippen LogP contribution is -2.71. The summed E-state index contributed by atoms with van der Waals surface area (Å²) >= 11 is 0. The Morgan fingerprint density at radius 1 is 1.12 bits per heavy atom. The highest BCUT2D eigenvalue weighted by molar-refractivity contribution is 5.48. The minimum atomic E-state index is -2.55. The summed E-state index contributed by atoms with van der Waals surface area (Å²) < 4.78 is 29.6. The lowest BCUT2D eigenvalue weighted by atomic mass is 9.52. The van der Waals surface area contributed by atoms with Crippen LogP contribution in [0.25, 0.3) is 0 Å². The van der Waals surface area contributed by atoms with Gasteiger partial charge >= 0.3 is 0 Å². The molecular formula is C26H34F2N4O2. The number of phenols is 1. The summed E-state index contributed by atoms with van der Waals surface area (Å²) in [5.41, 5.74) is 1.87. The standard InChI is InChI=1S/C26H34F2N4O2/c1-18-15-29-32(16-18)11-10-30-7-4-24-5-9-31(17-20-14-26(20,27)28)23(25(24,34)6-8-30)12-19-2-3-21(33)13-22(19)24/h2-3,13,15-16,20,23,33-34H,4-12,14,17H2,1H3/t20?,23-,24+,25-/m1/s1. The Hall–Kier alpha value is -2.03. The number of hydrogen-bond donors (Lipinski definition) is 2. The summed E-state index contributed by atoms with van der Waals surface area (Å²) in [6.45, 7) is 6.35. The van der Waals surface area contributed by atoms with Crippen molar-refractivity contribution in [1.29, 1.82) is 0 Å². The van der Waals surface area contributed by atoms with Crippen LogP contribution in [-0.2, 0) is 18.4 Å². The second-order valence-electron chi connectivity index (χ2n) is 11.1. The minimum Gasteiger partial charge on any atom is -0.508 e. The molecule has 34 heavy (non-hydrogen) atoms. The van der Waals surface area contributed by atoms with Crippen LogP contribution in [-0.4, -0.2) is 80.1 Å². The van der Waals surface area contributed by atoms with E-state index in [9.17, 15) is 19.0 Å². The quantitative estimate of drug-likeness (QED) is 0.701. The van der Waals surface area contributed by atoms with E-state index < -0.39 is 22.9 Å². The fourth-order valence-corrected chi connectivity index (χ4v) is 7.09. The Morgan fingerprint density at radius 2 is 1.88 bits per heavy atom. The number of rotatable bonds is 5. The van der Waals surface area contributed by atoms with E-state index in [0.29, 0.717) is 25.9 Å². The number of likely N-dealkylation sites (tertiary alicyclic amines) is 2. The molecule has 1 unspecified atom stereocenters.